The molecule has 0 spiro atoms. The van der Waals surface area contributed by atoms with Gasteiger partial charge in [-0.05, 0) is 43.2 Å². The Hall–Kier alpha value is -2.95. The zero-order chi connectivity index (χ0) is 23.3. The van der Waals surface area contributed by atoms with Crippen LogP contribution in [0.5, 0.6) is 11.5 Å². The first-order chi connectivity index (χ1) is 16.0. The van der Waals surface area contributed by atoms with Crippen molar-refractivity contribution >= 4 is 33.0 Å². The van der Waals surface area contributed by atoms with Gasteiger partial charge in [0.25, 0.3) is 10.0 Å². The topological polar surface area (TPSA) is 97.8 Å². The standard InChI is InChI=1S/C23H25N3O5S2/c1-30-20-8-6-18(13-21(20)31-16-17-5-4-10-24-15-17)25-22(27)14-19-7-9-23(32-19)33(28,29)26-11-2-3-12-26/h4-10,13,15H,2-3,11-12,14,16H2,1H3,(H,25,27). The first-order valence-electron chi connectivity index (χ1n) is 10.5. The Labute approximate surface area is 197 Å². The third-order valence-corrected chi connectivity index (χ3v) is 8.65. The van der Waals surface area contributed by atoms with Crippen molar-refractivity contribution in [2.24, 2.45) is 0 Å². The molecule has 10 heteroatoms. The molecule has 1 N–H and O–H groups in total. The largest absolute Gasteiger partial charge is 0.493 e. The predicted molar refractivity (Wildman–Crippen MR) is 126 cm³/mol. The second kappa shape index (κ2) is 10.3. The predicted octanol–water partition coefficient (Wildman–Crippen LogP) is 3.70. The summed E-state index contributed by atoms with van der Waals surface area (Å²) in [6, 6.07) is 12.2. The molecule has 0 aliphatic carbocycles. The number of amides is 1. The molecule has 174 valence electrons. The minimum absolute atomic E-state index is 0.0814. The van der Waals surface area contributed by atoms with Crippen LogP contribution in [0, 0.1) is 0 Å². The number of benzene rings is 1. The molecule has 0 bridgehead atoms. The van der Waals surface area contributed by atoms with Crippen LogP contribution in [-0.4, -0.2) is 43.8 Å². The zero-order valence-corrected chi connectivity index (χ0v) is 19.8. The molecule has 33 heavy (non-hydrogen) atoms. The van der Waals surface area contributed by atoms with Crippen LogP contribution < -0.4 is 14.8 Å². The molecule has 3 heterocycles. The molecule has 0 radical (unpaired) electrons. The molecular formula is C23H25N3O5S2. The van der Waals surface area contributed by atoms with E-state index < -0.39 is 10.0 Å². The Morgan fingerprint density at radius 2 is 1.97 bits per heavy atom. The number of sulfonamides is 1. The monoisotopic (exact) mass is 487 g/mol. The number of carbonyl (C=O) groups is 1. The SMILES string of the molecule is COc1ccc(NC(=O)Cc2ccc(S(=O)(=O)N3CCCC3)s2)cc1OCc1cccnc1. The van der Waals surface area contributed by atoms with Crippen molar-refractivity contribution in [1.29, 1.82) is 0 Å². The van der Waals surface area contributed by atoms with Crippen LogP contribution in [-0.2, 0) is 27.8 Å². The van der Waals surface area contributed by atoms with E-state index in [0.717, 1.165) is 29.7 Å². The van der Waals surface area contributed by atoms with Crippen LogP contribution in [0.15, 0.2) is 59.1 Å². The lowest BCUT2D eigenvalue weighted by Crippen LogP contribution is -2.27. The molecule has 1 aliphatic heterocycles. The first-order valence-corrected chi connectivity index (χ1v) is 12.8. The summed E-state index contributed by atoms with van der Waals surface area (Å²) in [6.45, 7) is 1.42. The van der Waals surface area contributed by atoms with Crippen LogP contribution in [0.2, 0.25) is 0 Å². The van der Waals surface area contributed by atoms with Crippen molar-refractivity contribution in [1.82, 2.24) is 9.29 Å². The van der Waals surface area contributed by atoms with Crippen molar-refractivity contribution in [3.63, 3.8) is 0 Å². The van der Waals surface area contributed by atoms with E-state index in [0.29, 0.717) is 41.8 Å². The zero-order valence-electron chi connectivity index (χ0n) is 18.2. The maximum absolute atomic E-state index is 12.7. The van der Waals surface area contributed by atoms with E-state index in [-0.39, 0.29) is 16.5 Å². The van der Waals surface area contributed by atoms with E-state index in [9.17, 15) is 13.2 Å². The highest BCUT2D eigenvalue weighted by Crippen LogP contribution is 2.31. The lowest BCUT2D eigenvalue weighted by molar-refractivity contribution is -0.115. The Morgan fingerprint density at radius 1 is 1.15 bits per heavy atom. The molecule has 1 fully saturated rings. The minimum atomic E-state index is -3.47. The third kappa shape index (κ3) is 5.70. The minimum Gasteiger partial charge on any atom is -0.493 e. The van der Waals surface area contributed by atoms with Gasteiger partial charge in [0, 0.05) is 47.7 Å². The van der Waals surface area contributed by atoms with Gasteiger partial charge in [0.1, 0.15) is 10.8 Å². The van der Waals surface area contributed by atoms with E-state index in [1.807, 2.05) is 12.1 Å². The molecule has 1 amide bonds. The highest BCUT2D eigenvalue weighted by Gasteiger charge is 2.28. The molecular weight excluding hydrogens is 462 g/mol. The van der Waals surface area contributed by atoms with Gasteiger partial charge in [0.15, 0.2) is 11.5 Å². The summed E-state index contributed by atoms with van der Waals surface area (Å²) in [5.74, 6) is 0.798. The summed E-state index contributed by atoms with van der Waals surface area (Å²) in [5.41, 5.74) is 1.47. The summed E-state index contributed by atoms with van der Waals surface area (Å²) in [4.78, 5) is 17.4. The summed E-state index contributed by atoms with van der Waals surface area (Å²) in [5, 5.41) is 2.84. The number of nitrogens with one attached hydrogen (secondary N) is 1. The second-order valence-corrected chi connectivity index (χ2v) is 10.9. The van der Waals surface area contributed by atoms with Crippen LogP contribution in [0.3, 0.4) is 0 Å². The Kier molecular flexibility index (Phi) is 7.26. The number of hydrogen-bond donors (Lipinski definition) is 1. The van der Waals surface area contributed by atoms with E-state index in [2.05, 4.69) is 10.3 Å². The summed E-state index contributed by atoms with van der Waals surface area (Å²) < 4.78 is 38.4. The van der Waals surface area contributed by atoms with Crippen LogP contribution in [0.1, 0.15) is 23.3 Å². The second-order valence-electron chi connectivity index (χ2n) is 7.57. The average Bonchev–Trinajstić information content (AvgIpc) is 3.52. The van der Waals surface area contributed by atoms with E-state index in [1.165, 1.54) is 4.31 Å². The van der Waals surface area contributed by atoms with E-state index >= 15 is 0 Å². The van der Waals surface area contributed by atoms with Crippen molar-refractivity contribution in [3.05, 3.63) is 65.3 Å². The van der Waals surface area contributed by atoms with E-state index in [4.69, 9.17) is 9.47 Å². The van der Waals surface area contributed by atoms with Crippen LogP contribution >= 0.6 is 11.3 Å². The quantitative estimate of drug-likeness (QED) is 0.494. The fourth-order valence-electron chi connectivity index (χ4n) is 3.52. The van der Waals surface area contributed by atoms with Gasteiger partial charge in [-0.1, -0.05) is 6.07 Å². The van der Waals surface area contributed by atoms with Crippen molar-refractivity contribution in [2.75, 3.05) is 25.5 Å². The Bertz CT molecular complexity index is 1210. The Morgan fingerprint density at radius 3 is 2.70 bits per heavy atom. The van der Waals surface area contributed by atoms with Crippen molar-refractivity contribution < 1.29 is 22.7 Å². The number of anilines is 1. The first kappa shape index (κ1) is 23.2. The number of aromatic nitrogens is 1. The smallest absolute Gasteiger partial charge is 0.252 e. The molecule has 0 unspecified atom stereocenters. The number of methoxy groups -OCH3 is 1. The van der Waals surface area contributed by atoms with E-state index in [1.54, 1.807) is 49.8 Å². The van der Waals surface area contributed by atoms with Gasteiger partial charge in [-0.2, -0.15) is 4.31 Å². The summed E-state index contributed by atoms with van der Waals surface area (Å²) in [7, 11) is -1.92. The van der Waals surface area contributed by atoms with Crippen molar-refractivity contribution in [2.45, 2.75) is 30.1 Å². The van der Waals surface area contributed by atoms with Gasteiger partial charge >= 0.3 is 0 Å². The summed E-state index contributed by atoms with van der Waals surface area (Å²) >= 11 is 1.14. The van der Waals surface area contributed by atoms with Crippen LogP contribution in [0.25, 0.3) is 0 Å². The van der Waals surface area contributed by atoms with Gasteiger partial charge < -0.3 is 14.8 Å². The lowest BCUT2D eigenvalue weighted by atomic mass is 10.2. The van der Waals surface area contributed by atoms with Crippen molar-refractivity contribution in [3.8, 4) is 11.5 Å². The molecule has 8 nitrogen and oxygen atoms in total. The average molecular weight is 488 g/mol. The number of nitrogens with zero attached hydrogens (tertiary/aromatic N) is 2. The molecule has 4 rings (SSSR count). The van der Waals surface area contributed by atoms with Gasteiger partial charge in [-0.15, -0.1) is 11.3 Å². The highest BCUT2D eigenvalue weighted by atomic mass is 32.2. The number of thiophene rings is 1. The molecule has 3 aromatic rings. The number of hydrogen-bond acceptors (Lipinski definition) is 7. The molecule has 1 saturated heterocycles. The number of carbonyl (C=O) groups excluding carboxylic acids is 1. The normalized spacial score (nSPS) is 14.2. The third-order valence-electron chi connectivity index (χ3n) is 5.20. The fraction of sp³-hybridized carbons (Fsp3) is 0.304. The van der Waals surface area contributed by atoms with Crippen LogP contribution in [0.4, 0.5) is 5.69 Å². The summed E-state index contributed by atoms with van der Waals surface area (Å²) in [6.07, 6.45) is 5.26. The number of rotatable bonds is 9. The van der Waals surface area contributed by atoms with Gasteiger partial charge in [0.2, 0.25) is 5.91 Å². The maximum Gasteiger partial charge on any atom is 0.252 e. The van der Waals surface area contributed by atoms with Gasteiger partial charge in [-0.25, -0.2) is 8.42 Å². The molecule has 0 atom stereocenters. The number of pyridine rings is 1. The molecule has 0 saturated carbocycles. The highest BCUT2D eigenvalue weighted by molar-refractivity contribution is 7.91. The van der Waals surface area contributed by atoms with Gasteiger partial charge in [-0.3, -0.25) is 9.78 Å². The Balaban J connectivity index is 1.40. The molecule has 1 aliphatic rings. The fourth-order valence-corrected chi connectivity index (χ4v) is 6.55. The molecule has 1 aromatic carbocycles. The molecule has 2 aromatic heterocycles. The van der Waals surface area contributed by atoms with Gasteiger partial charge in [0.05, 0.1) is 13.5 Å². The number of ether oxygens (including phenoxy) is 2. The maximum atomic E-state index is 12.7. The lowest BCUT2D eigenvalue weighted by Gasteiger charge is -2.13.